The minimum Gasteiger partial charge on any atom is -0.493 e. The third kappa shape index (κ3) is 6.17. The van der Waals surface area contributed by atoms with Crippen molar-refractivity contribution < 1.29 is 36.9 Å². The van der Waals surface area contributed by atoms with Gasteiger partial charge in [0.25, 0.3) is 0 Å². The number of carbonyl (C=O) groups is 1. The van der Waals surface area contributed by atoms with Gasteiger partial charge < -0.3 is 18.9 Å². The molecule has 0 radical (unpaired) electrons. The van der Waals surface area contributed by atoms with Gasteiger partial charge in [-0.05, 0) is 42.5 Å². The first-order valence-electron chi connectivity index (χ1n) is 9.80. The molecule has 0 aliphatic rings. The summed E-state index contributed by atoms with van der Waals surface area (Å²) in [7, 11) is 4.21. The molecule has 0 heterocycles. The Kier molecular flexibility index (Phi) is 8.14. The van der Waals surface area contributed by atoms with Crippen LogP contribution in [0.25, 0.3) is 0 Å². The number of hydrogen-bond donors (Lipinski definition) is 0. The maximum atomic E-state index is 13.0. The molecule has 0 aliphatic heterocycles. The number of carbonyl (C=O) groups excluding carboxylic acids is 1. The Morgan fingerprint density at radius 2 is 1.57 bits per heavy atom. The number of methoxy groups -OCH3 is 3. The topological polar surface area (TPSA) is 66.4 Å². The van der Waals surface area contributed by atoms with Crippen LogP contribution in [-0.4, -0.2) is 33.5 Å². The van der Waals surface area contributed by atoms with Crippen LogP contribution in [0.3, 0.4) is 0 Å². The van der Waals surface area contributed by atoms with E-state index in [4.69, 9.17) is 42.1 Å². The van der Waals surface area contributed by atoms with Crippen LogP contribution in [0.1, 0.15) is 21.5 Å². The van der Waals surface area contributed by atoms with Crippen molar-refractivity contribution in [2.75, 3.05) is 21.3 Å². The van der Waals surface area contributed by atoms with Crippen LogP contribution in [0.2, 0.25) is 10.0 Å². The van der Waals surface area contributed by atoms with Gasteiger partial charge in [0, 0.05) is 16.8 Å². The van der Waals surface area contributed by atoms with E-state index >= 15 is 0 Å². The molecule has 3 aromatic carbocycles. The van der Waals surface area contributed by atoms with E-state index in [9.17, 15) is 18.0 Å². The van der Waals surface area contributed by atoms with Gasteiger partial charge in [0.1, 0.15) is 0 Å². The molecule has 3 rings (SSSR count). The fourth-order valence-corrected chi connectivity index (χ4v) is 3.59. The van der Waals surface area contributed by atoms with Gasteiger partial charge in [0.2, 0.25) is 5.75 Å². The number of ether oxygens (including phenoxy) is 4. The van der Waals surface area contributed by atoms with Crippen molar-refractivity contribution in [3.8, 4) is 23.0 Å². The summed E-state index contributed by atoms with van der Waals surface area (Å²) in [4.78, 5) is 17.0. The van der Waals surface area contributed by atoms with Crippen LogP contribution in [-0.2, 0) is 6.18 Å². The number of esters is 1. The number of hydrogen-bond acceptors (Lipinski definition) is 6. The Bertz CT molecular complexity index is 1250. The molecule has 0 saturated heterocycles. The smallest absolute Gasteiger partial charge is 0.416 e. The highest BCUT2D eigenvalue weighted by Crippen LogP contribution is 2.39. The molecule has 0 fully saturated rings. The summed E-state index contributed by atoms with van der Waals surface area (Å²) in [5, 5.41) is 0.192. The highest BCUT2D eigenvalue weighted by atomic mass is 35.5. The predicted molar refractivity (Wildman–Crippen MR) is 126 cm³/mol. The maximum Gasteiger partial charge on any atom is 0.416 e. The lowest BCUT2D eigenvalue weighted by Crippen LogP contribution is -2.11. The lowest BCUT2D eigenvalue weighted by molar-refractivity contribution is -0.137. The molecule has 35 heavy (non-hydrogen) atoms. The van der Waals surface area contributed by atoms with Gasteiger partial charge in [-0.2, -0.15) is 13.2 Å². The lowest BCUT2D eigenvalue weighted by atomic mass is 10.1. The van der Waals surface area contributed by atoms with Gasteiger partial charge in [0.15, 0.2) is 17.2 Å². The summed E-state index contributed by atoms with van der Waals surface area (Å²) < 4.78 is 60.2. The van der Waals surface area contributed by atoms with E-state index in [0.717, 1.165) is 12.1 Å². The van der Waals surface area contributed by atoms with Gasteiger partial charge in [0.05, 0.1) is 43.2 Å². The highest BCUT2D eigenvalue weighted by molar-refractivity contribution is 6.36. The molecule has 11 heteroatoms. The van der Waals surface area contributed by atoms with Gasteiger partial charge in [-0.3, -0.25) is 4.99 Å². The van der Waals surface area contributed by atoms with Gasteiger partial charge in [-0.1, -0.05) is 29.3 Å². The van der Waals surface area contributed by atoms with Crippen molar-refractivity contribution in [2.24, 2.45) is 4.99 Å². The monoisotopic (exact) mass is 527 g/mol. The van der Waals surface area contributed by atoms with Crippen LogP contribution >= 0.6 is 23.2 Å². The maximum absolute atomic E-state index is 13.0. The molecule has 0 unspecified atom stereocenters. The second-order valence-corrected chi connectivity index (χ2v) is 7.76. The molecule has 184 valence electrons. The molecule has 3 aromatic rings. The van der Waals surface area contributed by atoms with Crippen molar-refractivity contribution >= 4 is 41.1 Å². The number of nitrogens with zero attached hydrogens (tertiary/aromatic N) is 1. The molecule has 0 spiro atoms. The largest absolute Gasteiger partial charge is 0.493 e. The lowest BCUT2D eigenvalue weighted by Gasteiger charge is -2.14. The third-order valence-corrected chi connectivity index (χ3v) is 5.16. The first-order valence-corrected chi connectivity index (χ1v) is 10.6. The molecule has 0 saturated carbocycles. The fraction of sp³-hybridized carbons (Fsp3) is 0.167. The zero-order valence-corrected chi connectivity index (χ0v) is 20.1. The molecule has 6 nitrogen and oxygen atoms in total. The van der Waals surface area contributed by atoms with Crippen LogP contribution in [0.5, 0.6) is 23.0 Å². The Morgan fingerprint density at radius 3 is 2.14 bits per heavy atom. The normalized spacial score (nSPS) is 11.4. The minimum atomic E-state index is -4.52. The molecular weight excluding hydrogens is 510 g/mol. The summed E-state index contributed by atoms with van der Waals surface area (Å²) in [6.07, 6.45) is -3.32. The number of aliphatic imine (C=N–C) groups is 1. The van der Waals surface area contributed by atoms with E-state index in [1.54, 1.807) is 0 Å². The van der Waals surface area contributed by atoms with Crippen molar-refractivity contribution in [2.45, 2.75) is 6.18 Å². The van der Waals surface area contributed by atoms with Crippen LogP contribution in [0.15, 0.2) is 53.5 Å². The van der Waals surface area contributed by atoms with Crippen LogP contribution in [0, 0.1) is 0 Å². The number of alkyl halides is 3. The Morgan fingerprint density at radius 1 is 0.914 bits per heavy atom. The third-order valence-electron chi connectivity index (χ3n) is 4.66. The fourth-order valence-electron chi connectivity index (χ4n) is 3.04. The predicted octanol–water partition coefficient (Wildman–Crippen LogP) is 7.01. The molecular formula is C24H18Cl2F3NO5. The van der Waals surface area contributed by atoms with Crippen molar-refractivity contribution in [1.29, 1.82) is 0 Å². The van der Waals surface area contributed by atoms with E-state index in [-0.39, 0.29) is 49.9 Å². The van der Waals surface area contributed by atoms with E-state index in [1.165, 1.54) is 63.9 Å². The van der Waals surface area contributed by atoms with Gasteiger partial charge in [-0.25, -0.2) is 4.79 Å². The summed E-state index contributed by atoms with van der Waals surface area (Å²) in [6, 6.07) is 9.97. The van der Waals surface area contributed by atoms with E-state index in [1.807, 2.05) is 0 Å². The summed E-state index contributed by atoms with van der Waals surface area (Å²) >= 11 is 12.3. The van der Waals surface area contributed by atoms with E-state index in [2.05, 4.69) is 4.99 Å². The first-order chi connectivity index (χ1) is 16.6. The average molecular weight is 528 g/mol. The van der Waals surface area contributed by atoms with Gasteiger partial charge in [-0.15, -0.1) is 0 Å². The Balaban J connectivity index is 1.98. The highest BCUT2D eigenvalue weighted by Gasteiger charge is 2.30. The summed E-state index contributed by atoms with van der Waals surface area (Å²) in [6.45, 7) is 0. The number of rotatable bonds is 7. The standard InChI is InChI=1S/C24H18Cl2F3NO5/c1-32-19-8-13(9-20(33-2)22(19)34-3)23(31)35-21-14(7-16(25)11-18(21)26)12-30-17-6-4-5-15(10-17)24(27,28)29/h4-12H,1-3H3. The molecule has 0 bridgehead atoms. The first kappa shape index (κ1) is 26.2. The second kappa shape index (κ2) is 10.9. The summed E-state index contributed by atoms with van der Waals surface area (Å²) in [5.74, 6) is -0.169. The molecule has 0 aliphatic carbocycles. The minimum absolute atomic E-state index is 0.0104. The quantitative estimate of drug-likeness (QED) is 0.188. The molecule has 0 atom stereocenters. The van der Waals surface area contributed by atoms with Crippen LogP contribution in [0.4, 0.5) is 18.9 Å². The Labute approximate surface area is 208 Å². The summed E-state index contributed by atoms with van der Waals surface area (Å²) in [5.41, 5.74) is -0.602. The number of halogens is 5. The van der Waals surface area contributed by atoms with Crippen molar-refractivity contribution in [3.05, 3.63) is 75.3 Å². The number of benzene rings is 3. The molecule has 0 amide bonds. The zero-order valence-electron chi connectivity index (χ0n) is 18.6. The SMILES string of the molecule is COc1cc(C(=O)Oc2c(Cl)cc(Cl)cc2C=Nc2cccc(C(F)(F)F)c2)cc(OC)c1OC. The van der Waals surface area contributed by atoms with E-state index < -0.39 is 17.7 Å². The van der Waals surface area contributed by atoms with Crippen molar-refractivity contribution in [3.63, 3.8) is 0 Å². The van der Waals surface area contributed by atoms with Gasteiger partial charge >= 0.3 is 12.1 Å². The van der Waals surface area contributed by atoms with Crippen molar-refractivity contribution in [1.82, 2.24) is 0 Å². The molecule has 0 N–H and O–H groups in total. The Hall–Kier alpha value is -3.43. The average Bonchev–Trinajstić information content (AvgIpc) is 2.82. The molecule has 0 aromatic heterocycles. The van der Waals surface area contributed by atoms with Crippen LogP contribution < -0.4 is 18.9 Å². The van der Waals surface area contributed by atoms with E-state index in [0.29, 0.717) is 0 Å². The zero-order chi connectivity index (χ0) is 25.8. The second-order valence-electron chi connectivity index (χ2n) is 6.92.